The van der Waals surface area contributed by atoms with E-state index in [2.05, 4.69) is 20.7 Å². The molecule has 6 heteroatoms. The zero-order chi connectivity index (χ0) is 12.1. The van der Waals surface area contributed by atoms with E-state index in [0.29, 0.717) is 11.4 Å². The van der Waals surface area contributed by atoms with Gasteiger partial charge in [-0.25, -0.2) is 10.8 Å². The summed E-state index contributed by atoms with van der Waals surface area (Å²) in [6, 6.07) is 1.84. The lowest BCUT2D eigenvalue weighted by molar-refractivity contribution is 0.175. The van der Waals surface area contributed by atoms with Crippen molar-refractivity contribution in [2.75, 3.05) is 31.0 Å². The SMILES string of the molecule is COCCC1(CNc2ccnc(NN)n2)CC1. The molecule has 0 radical (unpaired) electrons. The molecule has 6 nitrogen and oxygen atoms in total. The fourth-order valence-corrected chi connectivity index (χ4v) is 1.82. The lowest BCUT2D eigenvalue weighted by Crippen LogP contribution is -2.18. The first-order valence-corrected chi connectivity index (χ1v) is 5.80. The van der Waals surface area contributed by atoms with Crippen molar-refractivity contribution in [2.24, 2.45) is 11.3 Å². The van der Waals surface area contributed by atoms with Crippen LogP contribution >= 0.6 is 0 Å². The topological polar surface area (TPSA) is 85.1 Å². The number of ether oxygens (including phenoxy) is 1. The van der Waals surface area contributed by atoms with Gasteiger partial charge in [0.1, 0.15) is 5.82 Å². The molecule has 0 aromatic carbocycles. The maximum absolute atomic E-state index is 5.26. The molecule has 0 bridgehead atoms. The summed E-state index contributed by atoms with van der Waals surface area (Å²) in [6.07, 6.45) is 5.30. The van der Waals surface area contributed by atoms with Crippen LogP contribution in [0.15, 0.2) is 12.3 Å². The van der Waals surface area contributed by atoms with Crippen LogP contribution in [0.1, 0.15) is 19.3 Å². The Kier molecular flexibility index (Phi) is 3.75. The van der Waals surface area contributed by atoms with Gasteiger partial charge in [-0.05, 0) is 30.7 Å². The Morgan fingerprint density at radius 1 is 1.53 bits per heavy atom. The van der Waals surface area contributed by atoms with Crippen LogP contribution in [0.3, 0.4) is 0 Å². The van der Waals surface area contributed by atoms with Gasteiger partial charge in [0.25, 0.3) is 0 Å². The molecule has 0 spiro atoms. The van der Waals surface area contributed by atoms with Gasteiger partial charge < -0.3 is 10.1 Å². The third kappa shape index (κ3) is 3.28. The van der Waals surface area contributed by atoms with Gasteiger partial charge in [-0.1, -0.05) is 0 Å². The summed E-state index contributed by atoms with van der Waals surface area (Å²) in [5.41, 5.74) is 2.83. The minimum Gasteiger partial charge on any atom is -0.385 e. The van der Waals surface area contributed by atoms with Gasteiger partial charge in [0.2, 0.25) is 5.95 Å². The van der Waals surface area contributed by atoms with Crippen LogP contribution < -0.4 is 16.6 Å². The Bertz CT molecular complexity index is 367. The van der Waals surface area contributed by atoms with Crippen molar-refractivity contribution in [3.8, 4) is 0 Å². The second kappa shape index (κ2) is 5.29. The Balaban J connectivity index is 1.85. The van der Waals surface area contributed by atoms with E-state index in [1.807, 2.05) is 6.07 Å². The molecule has 1 saturated carbocycles. The molecule has 0 atom stereocenters. The molecule has 4 N–H and O–H groups in total. The van der Waals surface area contributed by atoms with E-state index in [1.165, 1.54) is 12.8 Å². The highest BCUT2D eigenvalue weighted by Gasteiger charge is 2.41. The fourth-order valence-electron chi connectivity index (χ4n) is 1.82. The largest absolute Gasteiger partial charge is 0.385 e. The van der Waals surface area contributed by atoms with Crippen LogP contribution in [0.25, 0.3) is 0 Å². The summed E-state index contributed by atoms with van der Waals surface area (Å²) in [4.78, 5) is 8.17. The number of anilines is 2. The average molecular weight is 237 g/mol. The Hall–Kier alpha value is -1.40. The number of nitrogen functional groups attached to an aromatic ring is 1. The normalized spacial score (nSPS) is 16.6. The van der Waals surface area contributed by atoms with Crippen molar-refractivity contribution in [3.63, 3.8) is 0 Å². The predicted octanol–water partition coefficient (Wildman–Crippen LogP) is 0.991. The fraction of sp³-hybridized carbons (Fsp3) is 0.636. The highest BCUT2D eigenvalue weighted by molar-refractivity contribution is 5.39. The van der Waals surface area contributed by atoms with Gasteiger partial charge in [0, 0.05) is 26.5 Å². The number of nitrogens with two attached hydrogens (primary N) is 1. The number of rotatable bonds is 7. The number of hydrogen-bond donors (Lipinski definition) is 3. The van der Waals surface area contributed by atoms with Crippen LogP contribution in [0, 0.1) is 5.41 Å². The summed E-state index contributed by atoms with van der Waals surface area (Å²) >= 11 is 0. The standard InChI is InChI=1S/C11H19N5O/c1-17-7-5-11(3-4-11)8-14-9-2-6-13-10(15-9)16-12/h2,6H,3-5,7-8,12H2,1H3,(H2,13,14,15,16). The Morgan fingerprint density at radius 2 is 2.35 bits per heavy atom. The Morgan fingerprint density at radius 3 is 3.00 bits per heavy atom. The second-order valence-electron chi connectivity index (χ2n) is 4.51. The molecule has 2 rings (SSSR count). The number of nitrogens with zero attached hydrogens (tertiary/aromatic N) is 2. The van der Waals surface area contributed by atoms with Gasteiger partial charge in [0.15, 0.2) is 0 Å². The number of methoxy groups -OCH3 is 1. The van der Waals surface area contributed by atoms with Crippen molar-refractivity contribution < 1.29 is 4.74 Å². The van der Waals surface area contributed by atoms with Crippen LogP contribution in [-0.4, -0.2) is 30.2 Å². The molecule has 94 valence electrons. The third-order valence-corrected chi connectivity index (χ3v) is 3.22. The highest BCUT2D eigenvalue weighted by atomic mass is 16.5. The summed E-state index contributed by atoms with van der Waals surface area (Å²) < 4.78 is 5.13. The molecule has 0 saturated heterocycles. The van der Waals surface area contributed by atoms with Gasteiger partial charge in [-0.3, -0.25) is 5.43 Å². The van der Waals surface area contributed by atoms with Crippen molar-refractivity contribution in [1.82, 2.24) is 9.97 Å². The summed E-state index contributed by atoms with van der Waals surface area (Å²) in [5, 5.41) is 3.33. The molecule has 1 aromatic rings. The average Bonchev–Trinajstić information content (AvgIpc) is 3.15. The summed E-state index contributed by atoms with van der Waals surface area (Å²) in [7, 11) is 1.74. The third-order valence-electron chi connectivity index (χ3n) is 3.22. The zero-order valence-electron chi connectivity index (χ0n) is 10.1. The molecule has 1 aliphatic carbocycles. The Labute approximate surface area is 101 Å². The lowest BCUT2D eigenvalue weighted by Gasteiger charge is -2.15. The van der Waals surface area contributed by atoms with Crippen LogP contribution in [0.2, 0.25) is 0 Å². The first-order chi connectivity index (χ1) is 8.28. The van der Waals surface area contributed by atoms with E-state index < -0.39 is 0 Å². The summed E-state index contributed by atoms with van der Waals surface area (Å²) in [6.45, 7) is 1.75. The lowest BCUT2D eigenvalue weighted by atomic mass is 10.0. The van der Waals surface area contributed by atoms with Crippen molar-refractivity contribution in [2.45, 2.75) is 19.3 Å². The van der Waals surface area contributed by atoms with E-state index in [9.17, 15) is 0 Å². The minimum atomic E-state index is 0.400. The van der Waals surface area contributed by atoms with Crippen LogP contribution in [-0.2, 0) is 4.74 Å². The number of hydrogen-bond acceptors (Lipinski definition) is 6. The quantitative estimate of drug-likeness (QED) is 0.484. The molecule has 0 unspecified atom stereocenters. The molecule has 1 heterocycles. The second-order valence-corrected chi connectivity index (χ2v) is 4.51. The molecule has 0 amide bonds. The molecular weight excluding hydrogens is 218 g/mol. The number of aromatic nitrogens is 2. The van der Waals surface area contributed by atoms with Crippen molar-refractivity contribution >= 4 is 11.8 Å². The zero-order valence-corrected chi connectivity index (χ0v) is 10.1. The number of nitrogens with one attached hydrogen (secondary N) is 2. The molecule has 0 aliphatic heterocycles. The first-order valence-electron chi connectivity index (χ1n) is 5.80. The molecule has 17 heavy (non-hydrogen) atoms. The smallest absolute Gasteiger partial charge is 0.239 e. The summed E-state index contributed by atoms with van der Waals surface area (Å²) in [5.74, 6) is 6.49. The van der Waals surface area contributed by atoms with E-state index in [-0.39, 0.29) is 0 Å². The van der Waals surface area contributed by atoms with Crippen molar-refractivity contribution in [3.05, 3.63) is 12.3 Å². The van der Waals surface area contributed by atoms with E-state index in [0.717, 1.165) is 25.4 Å². The van der Waals surface area contributed by atoms with Gasteiger partial charge in [-0.15, -0.1) is 0 Å². The molecule has 1 aromatic heterocycles. The maximum Gasteiger partial charge on any atom is 0.239 e. The number of hydrazine groups is 1. The van der Waals surface area contributed by atoms with E-state index in [4.69, 9.17) is 10.6 Å². The minimum absolute atomic E-state index is 0.400. The van der Waals surface area contributed by atoms with E-state index in [1.54, 1.807) is 13.3 Å². The molecular formula is C11H19N5O. The molecule has 1 fully saturated rings. The highest BCUT2D eigenvalue weighted by Crippen LogP contribution is 2.48. The predicted molar refractivity (Wildman–Crippen MR) is 66.5 cm³/mol. The van der Waals surface area contributed by atoms with Crippen molar-refractivity contribution in [1.29, 1.82) is 0 Å². The van der Waals surface area contributed by atoms with E-state index >= 15 is 0 Å². The maximum atomic E-state index is 5.26. The van der Waals surface area contributed by atoms with Crippen LogP contribution in [0.5, 0.6) is 0 Å². The van der Waals surface area contributed by atoms with Gasteiger partial charge in [0.05, 0.1) is 0 Å². The van der Waals surface area contributed by atoms with Gasteiger partial charge >= 0.3 is 0 Å². The monoisotopic (exact) mass is 237 g/mol. The molecule has 1 aliphatic rings. The first kappa shape index (κ1) is 12.1. The van der Waals surface area contributed by atoms with Crippen LogP contribution in [0.4, 0.5) is 11.8 Å². The van der Waals surface area contributed by atoms with Gasteiger partial charge in [-0.2, -0.15) is 4.98 Å².